The SMILES string of the molecule is CC(=O)CC(c1cccc(Cl)c1)N(C)C. The van der Waals surface area contributed by atoms with Crippen molar-refractivity contribution in [2.45, 2.75) is 19.4 Å². The summed E-state index contributed by atoms with van der Waals surface area (Å²) in [7, 11) is 3.93. The van der Waals surface area contributed by atoms with Crippen LogP contribution in [0.3, 0.4) is 0 Å². The number of Topliss-reactive ketones (excluding diaryl/α,β-unsaturated/α-hetero) is 1. The zero-order valence-electron chi connectivity index (χ0n) is 9.33. The first-order valence-corrected chi connectivity index (χ1v) is 5.30. The molecule has 0 spiro atoms. The summed E-state index contributed by atoms with van der Waals surface area (Å²) in [5, 5.41) is 0.711. The first-order valence-electron chi connectivity index (χ1n) is 4.92. The van der Waals surface area contributed by atoms with Crippen LogP contribution in [0.5, 0.6) is 0 Å². The van der Waals surface area contributed by atoms with E-state index in [4.69, 9.17) is 11.6 Å². The third-order valence-electron chi connectivity index (χ3n) is 2.34. The summed E-state index contributed by atoms with van der Waals surface area (Å²) >= 11 is 5.93. The highest BCUT2D eigenvalue weighted by Crippen LogP contribution is 2.24. The van der Waals surface area contributed by atoms with Gasteiger partial charge in [0.15, 0.2) is 0 Å². The van der Waals surface area contributed by atoms with Gasteiger partial charge in [-0.3, -0.25) is 4.79 Å². The Hall–Kier alpha value is -0.860. The molecule has 0 N–H and O–H groups in total. The minimum Gasteiger partial charge on any atom is -0.302 e. The Bertz CT molecular complexity index is 349. The monoisotopic (exact) mass is 225 g/mol. The van der Waals surface area contributed by atoms with Crippen molar-refractivity contribution in [3.8, 4) is 0 Å². The van der Waals surface area contributed by atoms with Gasteiger partial charge in [-0.1, -0.05) is 23.7 Å². The molecule has 0 saturated heterocycles. The first-order chi connectivity index (χ1) is 7.00. The molecule has 2 nitrogen and oxygen atoms in total. The molecule has 0 amide bonds. The minimum absolute atomic E-state index is 0.112. The zero-order valence-corrected chi connectivity index (χ0v) is 10.1. The van der Waals surface area contributed by atoms with Gasteiger partial charge >= 0.3 is 0 Å². The molecule has 3 heteroatoms. The molecule has 15 heavy (non-hydrogen) atoms. The highest BCUT2D eigenvalue weighted by atomic mass is 35.5. The van der Waals surface area contributed by atoms with Gasteiger partial charge < -0.3 is 4.90 Å². The van der Waals surface area contributed by atoms with Gasteiger partial charge in [-0.2, -0.15) is 0 Å². The van der Waals surface area contributed by atoms with Crippen LogP contribution in [-0.2, 0) is 4.79 Å². The lowest BCUT2D eigenvalue weighted by Gasteiger charge is -2.23. The van der Waals surface area contributed by atoms with E-state index < -0.39 is 0 Å². The molecule has 0 aliphatic rings. The Morgan fingerprint density at radius 1 is 1.47 bits per heavy atom. The van der Waals surface area contributed by atoms with E-state index in [0.717, 1.165) is 5.56 Å². The number of hydrogen-bond acceptors (Lipinski definition) is 2. The Labute approximate surface area is 95.8 Å². The van der Waals surface area contributed by atoms with Crippen molar-refractivity contribution in [2.75, 3.05) is 14.1 Å². The maximum atomic E-state index is 11.2. The van der Waals surface area contributed by atoms with Crippen molar-refractivity contribution in [3.05, 3.63) is 34.9 Å². The van der Waals surface area contributed by atoms with E-state index in [2.05, 4.69) is 0 Å². The fraction of sp³-hybridized carbons (Fsp3) is 0.417. The van der Waals surface area contributed by atoms with Gasteiger partial charge in [-0.25, -0.2) is 0 Å². The minimum atomic E-state index is 0.112. The van der Waals surface area contributed by atoms with E-state index >= 15 is 0 Å². The van der Waals surface area contributed by atoms with Gasteiger partial charge in [0.2, 0.25) is 0 Å². The molecule has 0 fully saturated rings. The van der Waals surface area contributed by atoms with E-state index in [-0.39, 0.29) is 11.8 Å². The molecule has 1 rings (SSSR count). The Kier molecular flexibility index (Phi) is 4.30. The van der Waals surface area contributed by atoms with Crippen LogP contribution in [0, 0.1) is 0 Å². The number of carbonyl (C=O) groups excluding carboxylic acids is 1. The number of benzene rings is 1. The van der Waals surface area contributed by atoms with Crippen LogP contribution >= 0.6 is 11.6 Å². The fourth-order valence-electron chi connectivity index (χ4n) is 1.58. The molecule has 0 saturated carbocycles. The molecule has 1 atom stereocenters. The number of hydrogen-bond donors (Lipinski definition) is 0. The molecule has 1 aromatic carbocycles. The van der Waals surface area contributed by atoms with E-state index in [1.54, 1.807) is 6.92 Å². The second-order valence-corrected chi connectivity index (χ2v) is 4.38. The van der Waals surface area contributed by atoms with Crippen molar-refractivity contribution >= 4 is 17.4 Å². The van der Waals surface area contributed by atoms with E-state index in [1.165, 1.54) is 0 Å². The second kappa shape index (κ2) is 5.29. The van der Waals surface area contributed by atoms with Gasteiger partial charge in [0.05, 0.1) is 0 Å². The second-order valence-electron chi connectivity index (χ2n) is 3.94. The zero-order chi connectivity index (χ0) is 11.4. The number of ketones is 1. The summed E-state index contributed by atoms with van der Waals surface area (Å²) < 4.78 is 0. The van der Waals surface area contributed by atoms with Crippen LogP contribution in [0.4, 0.5) is 0 Å². The standard InChI is InChI=1S/C12H16ClNO/c1-9(15)7-12(14(2)3)10-5-4-6-11(13)8-10/h4-6,8,12H,7H2,1-3H3. The average Bonchev–Trinajstić information content (AvgIpc) is 2.13. The maximum absolute atomic E-state index is 11.2. The number of halogens is 1. The van der Waals surface area contributed by atoms with Crippen LogP contribution in [0.15, 0.2) is 24.3 Å². The largest absolute Gasteiger partial charge is 0.302 e. The lowest BCUT2D eigenvalue weighted by atomic mass is 10.0. The van der Waals surface area contributed by atoms with Gasteiger partial charge in [-0.15, -0.1) is 0 Å². The molecule has 0 bridgehead atoms. The lowest BCUT2D eigenvalue weighted by Crippen LogP contribution is -2.22. The molecular formula is C12H16ClNO. The van der Waals surface area contributed by atoms with Gasteiger partial charge in [0.25, 0.3) is 0 Å². The molecule has 0 aliphatic heterocycles. The molecule has 0 aliphatic carbocycles. The van der Waals surface area contributed by atoms with Crippen molar-refractivity contribution in [1.82, 2.24) is 4.90 Å². The fourth-order valence-corrected chi connectivity index (χ4v) is 1.78. The third-order valence-corrected chi connectivity index (χ3v) is 2.57. The molecule has 82 valence electrons. The quantitative estimate of drug-likeness (QED) is 0.786. The first kappa shape index (κ1) is 12.2. The van der Waals surface area contributed by atoms with Gasteiger partial charge in [0, 0.05) is 17.5 Å². The van der Waals surface area contributed by atoms with Crippen molar-refractivity contribution < 1.29 is 4.79 Å². The summed E-state index contributed by atoms with van der Waals surface area (Å²) in [6.45, 7) is 1.61. The summed E-state index contributed by atoms with van der Waals surface area (Å²) in [5.41, 5.74) is 1.09. The van der Waals surface area contributed by atoms with Crippen LogP contribution < -0.4 is 0 Å². The molecule has 0 aromatic heterocycles. The lowest BCUT2D eigenvalue weighted by molar-refractivity contribution is -0.118. The summed E-state index contributed by atoms with van der Waals surface area (Å²) in [6.07, 6.45) is 0.521. The van der Waals surface area contributed by atoms with Crippen molar-refractivity contribution in [2.24, 2.45) is 0 Å². The molecule has 1 unspecified atom stereocenters. The van der Waals surface area contributed by atoms with Crippen LogP contribution in [-0.4, -0.2) is 24.8 Å². The van der Waals surface area contributed by atoms with E-state index in [1.807, 2.05) is 43.3 Å². The molecule has 1 aromatic rings. The van der Waals surface area contributed by atoms with Gasteiger partial charge in [-0.05, 0) is 38.7 Å². The predicted molar refractivity (Wildman–Crippen MR) is 63.2 cm³/mol. The Morgan fingerprint density at radius 2 is 2.13 bits per heavy atom. The Balaban J connectivity index is 2.93. The highest BCUT2D eigenvalue weighted by Gasteiger charge is 2.15. The number of nitrogens with zero attached hydrogens (tertiary/aromatic N) is 1. The molecule has 0 radical (unpaired) electrons. The third kappa shape index (κ3) is 3.65. The van der Waals surface area contributed by atoms with E-state index in [0.29, 0.717) is 11.4 Å². The average molecular weight is 226 g/mol. The van der Waals surface area contributed by atoms with Crippen molar-refractivity contribution in [1.29, 1.82) is 0 Å². The summed E-state index contributed by atoms with van der Waals surface area (Å²) in [4.78, 5) is 13.2. The number of carbonyl (C=O) groups is 1. The highest BCUT2D eigenvalue weighted by molar-refractivity contribution is 6.30. The molecular weight excluding hydrogens is 210 g/mol. The van der Waals surface area contributed by atoms with Gasteiger partial charge in [0.1, 0.15) is 5.78 Å². The van der Waals surface area contributed by atoms with Crippen LogP contribution in [0.2, 0.25) is 5.02 Å². The smallest absolute Gasteiger partial charge is 0.131 e. The topological polar surface area (TPSA) is 20.3 Å². The normalized spacial score (nSPS) is 12.9. The molecule has 0 heterocycles. The predicted octanol–water partition coefficient (Wildman–Crippen LogP) is 2.92. The Morgan fingerprint density at radius 3 is 2.60 bits per heavy atom. The van der Waals surface area contributed by atoms with Crippen LogP contribution in [0.25, 0.3) is 0 Å². The maximum Gasteiger partial charge on any atom is 0.131 e. The summed E-state index contributed by atoms with van der Waals surface area (Å²) in [6, 6.07) is 7.77. The number of rotatable bonds is 4. The van der Waals surface area contributed by atoms with E-state index in [9.17, 15) is 4.79 Å². The van der Waals surface area contributed by atoms with Crippen LogP contribution in [0.1, 0.15) is 24.9 Å². The summed E-state index contributed by atoms with van der Waals surface area (Å²) in [5.74, 6) is 0.189. The van der Waals surface area contributed by atoms with Crippen molar-refractivity contribution in [3.63, 3.8) is 0 Å².